The van der Waals surface area contributed by atoms with Crippen molar-refractivity contribution in [3.8, 4) is 0 Å². The summed E-state index contributed by atoms with van der Waals surface area (Å²) in [5.41, 5.74) is 6.37. The van der Waals surface area contributed by atoms with Crippen LogP contribution in [-0.4, -0.2) is 42.4 Å². The molecule has 1 aliphatic carbocycles. The molecule has 0 aromatic carbocycles. The van der Waals surface area contributed by atoms with Crippen molar-refractivity contribution < 1.29 is 10.2 Å². The Morgan fingerprint density at radius 3 is 2.90 bits per heavy atom. The van der Waals surface area contributed by atoms with Crippen molar-refractivity contribution in [3.63, 3.8) is 0 Å². The molecule has 0 radical (unpaired) electrons. The first-order valence-electron chi connectivity index (χ1n) is 6.23. The smallest absolute Gasteiger partial charge is 0.280 e. The first-order chi connectivity index (χ1) is 9.52. The number of imidazole rings is 1. The predicted molar refractivity (Wildman–Crippen MR) is 79.2 cm³/mol. The number of hydrogen-bond donors (Lipinski definition) is 4. The van der Waals surface area contributed by atoms with E-state index in [0.29, 0.717) is 17.6 Å². The largest absolute Gasteiger partial charge is 0.396 e. The number of aliphatic hydroxyl groups is 2. The third-order valence-corrected chi connectivity index (χ3v) is 3.82. The molecule has 3 atom stereocenters. The van der Waals surface area contributed by atoms with Gasteiger partial charge in [-0.2, -0.15) is 4.98 Å². The van der Waals surface area contributed by atoms with Gasteiger partial charge < -0.3 is 20.5 Å². The molecule has 0 amide bonds. The molecule has 9 heteroatoms. The van der Waals surface area contributed by atoms with Crippen molar-refractivity contribution in [2.24, 2.45) is 5.92 Å². The summed E-state index contributed by atoms with van der Waals surface area (Å²) in [5, 5.41) is 19.2. The van der Waals surface area contributed by atoms with Crippen molar-refractivity contribution in [2.45, 2.75) is 18.6 Å². The van der Waals surface area contributed by atoms with Gasteiger partial charge in [0.25, 0.3) is 5.56 Å². The zero-order valence-corrected chi connectivity index (χ0v) is 11.9. The lowest BCUT2D eigenvalue weighted by molar-refractivity contribution is 0.101. The van der Waals surface area contributed by atoms with Crippen LogP contribution in [0.15, 0.2) is 23.3 Å². The number of anilines is 1. The van der Waals surface area contributed by atoms with Crippen molar-refractivity contribution >= 4 is 29.5 Å². The summed E-state index contributed by atoms with van der Waals surface area (Å²) < 4.78 is 1.67. The molecule has 0 spiro atoms. The summed E-state index contributed by atoms with van der Waals surface area (Å²) in [7, 11) is 0. The molecule has 3 rings (SSSR count). The first kappa shape index (κ1) is 15.5. The number of nitrogen functional groups attached to an aromatic ring is 1. The Hall–Kier alpha value is -1.90. The van der Waals surface area contributed by atoms with Crippen molar-refractivity contribution in [2.75, 3.05) is 12.3 Å². The lowest BCUT2D eigenvalue weighted by Crippen LogP contribution is -2.17. The number of fused-ring (bicyclic) bond motifs is 1. The highest BCUT2D eigenvalue weighted by molar-refractivity contribution is 5.85. The molecular weight excluding hydrogens is 298 g/mol. The fraction of sp³-hybridized carbons (Fsp3) is 0.417. The Labute approximate surface area is 125 Å². The summed E-state index contributed by atoms with van der Waals surface area (Å²) in [6.07, 6.45) is 1.20. The molecule has 1 aliphatic rings. The molecule has 114 valence electrons. The van der Waals surface area contributed by atoms with Gasteiger partial charge in [-0.25, -0.2) is 4.98 Å². The number of H-pyrrole nitrogens is 1. The normalized spacial score (nSPS) is 25.2. The topological polar surface area (TPSA) is 130 Å². The fourth-order valence-electron chi connectivity index (χ4n) is 2.74. The molecule has 0 saturated heterocycles. The average molecular weight is 314 g/mol. The lowest BCUT2D eigenvalue weighted by atomic mass is 10.0. The molecule has 8 nitrogen and oxygen atoms in total. The van der Waals surface area contributed by atoms with E-state index in [9.17, 15) is 15.0 Å². The molecule has 21 heavy (non-hydrogen) atoms. The highest BCUT2D eigenvalue weighted by Crippen LogP contribution is 2.39. The van der Waals surface area contributed by atoms with E-state index in [4.69, 9.17) is 5.73 Å². The van der Waals surface area contributed by atoms with Crippen LogP contribution in [-0.2, 0) is 0 Å². The highest BCUT2D eigenvalue weighted by atomic mass is 35.5. The van der Waals surface area contributed by atoms with Crippen LogP contribution in [0, 0.1) is 5.92 Å². The molecule has 2 heterocycles. The third kappa shape index (κ3) is 2.31. The van der Waals surface area contributed by atoms with Crippen molar-refractivity contribution in [3.05, 3.63) is 28.8 Å². The minimum absolute atomic E-state index is 0. The molecule has 1 fully saturated rings. The zero-order chi connectivity index (χ0) is 14.4. The first-order valence-corrected chi connectivity index (χ1v) is 6.23. The van der Waals surface area contributed by atoms with Gasteiger partial charge in [0.2, 0.25) is 5.95 Å². The standard InChI is InChI=1S/C12H15N5O3.ClH/c1-5-6(3-18)8(19)2-7(5)17-4-14-9-10(17)15-12(13)16-11(9)20;/h4,6-8,18-19H,1-3H2,(H3,13,15,16,20);1H/t6-,7+,8+;/m1./s1. The van der Waals surface area contributed by atoms with Crippen LogP contribution in [0.2, 0.25) is 0 Å². The number of nitrogens with one attached hydrogen (secondary N) is 1. The Kier molecular flexibility index (Phi) is 4.04. The van der Waals surface area contributed by atoms with Gasteiger partial charge in [0.15, 0.2) is 11.2 Å². The van der Waals surface area contributed by atoms with E-state index in [0.717, 1.165) is 0 Å². The lowest BCUT2D eigenvalue weighted by Gasteiger charge is -2.15. The number of aliphatic hydroxyl groups excluding tert-OH is 2. The van der Waals surface area contributed by atoms with Gasteiger partial charge in [0.05, 0.1) is 25.1 Å². The molecule has 0 bridgehead atoms. The number of nitrogens with two attached hydrogens (primary N) is 1. The van der Waals surface area contributed by atoms with Crippen LogP contribution < -0.4 is 11.3 Å². The van der Waals surface area contributed by atoms with E-state index >= 15 is 0 Å². The van der Waals surface area contributed by atoms with Gasteiger partial charge in [-0.05, 0) is 12.0 Å². The molecule has 2 aromatic heterocycles. The minimum atomic E-state index is -0.672. The Balaban J connectivity index is 0.00000161. The molecule has 5 N–H and O–H groups in total. The van der Waals surface area contributed by atoms with Gasteiger partial charge in [-0.1, -0.05) is 6.58 Å². The number of aromatic amines is 1. The van der Waals surface area contributed by atoms with E-state index in [1.807, 2.05) is 0 Å². The van der Waals surface area contributed by atoms with Gasteiger partial charge in [0.1, 0.15) is 0 Å². The SMILES string of the molecule is C=C1[C@@H](CO)[C@@H](O)C[C@@H]1n1cnc2c(=O)[nH]c(N)nc21.Cl. The summed E-state index contributed by atoms with van der Waals surface area (Å²) in [6.45, 7) is 3.76. The van der Waals surface area contributed by atoms with Gasteiger partial charge in [-0.3, -0.25) is 9.78 Å². The van der Waals surface area contributed by atoms with Crippen LogP contribution in [0.25, 0.3) is 11.2 Å². The molecule has 0 unspecified atom stereocenters. The van der Waals surface area contributed by atoms with E-state index < -0.39 is 11.7 Å². The van der Waals surface area contributed by atoms with Crippen LogP contribution in [0.4, 0.5) is 5.95 Å². The third-order valence-electron chi connectivity index (χ3n) is 3.82. The second-order valence-electron chi connectivity index (χ2n) is 4.96. The maximum Gasteiger partial charge on any atom is 0.280 e. The van der Waals surface area contributed by atoms with Crippen LogP contribution in [0.1, 0.15) is 12.5 Å². The Bertz CT molecular complexity index is 740. The fourth-order valence-corrected chi connectivity index (χ4v) is 2.74. The average Bonchev–Trinajstić information content (AvgIpc) is 2.91. The maximum atomic E-state index is 11.7. The molecule has 0 aliphatic heterocycles. The molecule has 2 aromatic rings. The van der Waals surface area contributed by atoms with Crippen molar-refractivity contribution in [1.29, 1.82) is 0 Å². The van der Waals surface area contributed by atoms with E-state index in [1.54, 1.807) is 4.57 Å². The predicted octanol–water partition coefficient (Wildman–Crippen LogP) is -0.406. The van der Waals surface area contributed by atoms with Gasteiger partial charge >= 0.3 is 0 Å². The van der Waals surface area contributed by atoms with Gasteiger partial charge in [0, 0.05) is 5.92 Å². The van der Waals surface area contributed by atoms with Gasteiger partial charge in [-0.15, -0.1) is 12.4 Å². The maximum absolute atomic E-state index is 11.7. The van der Waals surface area contributed by atoms with E-state index in [1.165, 1.54) is 6.33 Å². The number of aromatic nitrogens is 4. The minimum Gasteiger partial charge on any atom is -0.396 e. The number of halogens is 1. The quantitative estimate of drug-likeness (QED) is 0.558. The second-order valence-corrected chi connectivity index (χ2v) is 4.96. The van der Waals surface area contributed by atoms with E-state index in [-0.39, 0.29) is 42.4 Å². The monoisotopic (exact) mass is 313 g/mol. The van der Waals surface area contributed by atoms with Crippen LogP contribution >= 0.6 is 12.4 Å². The number of nitrogens with zero attached hydrogens (tertiary/aromatic N) is 3. The molecular formula is C12H16ClN5O3. The van der Waals surface area contributed by atoms with Crippen LogP contribution in [0.5, 0.6) is 0 Å². The van der Waals surface area contributed by atoms with Crippen LogP contribution in [0.3, 0.4) is 0 Å². The summed E-state index contributed by atoms with van der Waals surface area (Å²) >= 11 is 0. The number of hydrogen-bond acceptors (Lipinski definition) is 6. The zero-order valence-electron chi connectivity index (χ0n) is 11.1. The summed E-state index contributed by atoms with van der Waals surface area (Å²) in [5.74, 6) is -0.371. The Morgan fingerprint density at radius 1 is 1.57 bits per heavy atom. The van der Waals surface area contributed by atoms with E-state index in [2.05, 4.69) is 21.5 Å². The summed E-state index contributed by atoms with van der Waals surface area (Å²) in [4.78, 5) is 22.2. The number of rotatable bonds is 2. The molecule has 1 saturated carbocycles. The Morgan fingerprint density at radius 2 is 2.29 bits per heavy atom. The highest BCUT2D eigenvalue weighted by Gasteiger charge is 2.37. The summed E-state index contributed by atoms with van der Waals surface area (Å²) in [6, 6.07) is -0.263. The van der Waals surface area contributed by atoms with Crippen molar-refractivity contribution in [1.82, 2.24) is 19.5 Å². The second kappa shape index (κ2) is 5.47.